The molecule has 1 aromatic heterocycles. The van der Waals surface area contributed by atoms with E-state index in [1.54, 1.807) is 39.0 Å². The molecule has 0 radical (unpaired) electrons. The van der Waals surface area contributed by atoms with Crippen molar-refractivity contribution in [3.8, 4) is 11.5 Å². The second kappa shape index (κ2) is 14.4. The Morgan fingerprint density at radius 1 is 1.07 bits per heavy atom. The van der Waals surface area contributed by atoms with Crippen molar-refractivity contribution in [3.05, 3.63) is 65.9 Å². The number of carbonyl (C=O) groups is 3. The van der Waals surface area contributed by atoms with E-state index in [1.165, 1.54) is 25.6 Å². The first-order chi connectivity index (χ1) is 19.9. The van der Waals surface area contributed by atoms with Gasteiger partial charge in [0.05, 0.1) is 19.3 Å². The summed E-state index contributed by atoms with van der Waals surface area (Å²) in [6, 6.07) is 10.9. The van der Waals surface area contributed by atoms with E-state index in [1.807, 2.05) is 30.5 Å². The van der Waals surface area contributed by atoms with Crippen LogP contribution in [0.1, 0.15) is 38.8 Å². The summed E-state index contributed by atoms with van der Waals surface area (Å²) in [6.45, 7) is 6.51. The first-order valence-corrected chi connectivity index (χ1v) is 13.4. The van der Waals surface area contributed by atoms with E-state index in [0.717, 1.165) is 22.5 Å². The van der Waals surface area contributed by atoms with Gasteiger partial charge in [0.15, 0.2) is 11.5 Å². The van der Waals surface area contributed by atoms with E-state index in [0.29, 0.717) is 23.5 Å². The third-order valence-electron chi connectivity index (χ3n) is 6.09. The number of para-hydroxylation sites is 1. The Hall–Kier alpha value is -4.55. The van der Waals surface area contributed by atoms with Crippen molar-refractivity contribution >= 4 is 34.9 Å². The molecule has 0 saturated carbocycles. The molecule has 12 heteroatoms. The SMILES string of the molecule is COc1cc(/C=C/C(=O)NO)ccc1OC[C@H](Cc1c[nH]c2ccccc12)NC(=O)[C@@H](NC(=O)OC(C)(C)C)[C@@H](C)O. The van der Waals surface area contributed by atoms with E-state index in [2.05, 4.69) is 15.6 Å². The second-order valence-corrected chi connectivity index (χ2v) is 10.7. The standard InChI is InChI=1S/C30H38N4O8/c1-18(35)27(33-29(38)42-30(2,3)4)28(37)32-21(15-20-16-31-23-9-7-6-8-22(20)23)17-41-24-12-10-19(14-25(24)40-5)11-13-26(36)34-39/h6-14,16,18,21,27,31,35,39H,15,17H2,1-5H3,(H,32,37)(H,33,38)(H,34,36)/b13-11+/t18-,21+,27+/m1/s1. The lowest BCUT2D eigenvalue weighted by atomic mass is 10.0. The number of H-pyrrole nitrogens is 1. The number of amides is 3. The molecule has 0 saturated heterocycles. The predicted octanol–water partition coefficient (Wildman–Crippen LogP) is 3.08. The van der Waals surface area contributed by atoms with E-state index < -0.39 is 41.7 Å². The first kappa shape index (κ1) is 32.0. The summed E-state index contributed by atoms with van der Waals surface area (Å²) in [4.78, 5) is 40.2. The van der Waals surface area contributed by atoms with Gasteiger partial charge in [0.25, 0.3) is 5.91 Å². The fourth-order valence-corrected chi connectivity index (χ4v) is 4.15. The highest BCUT2D eigenvalue weighted by Gasteiger charge is 2.30. The van der Waals surface area contributed by atoms with Crippen LogP contribution < -0.4 is 25.6 Å². The molecule has 0 fully saturated rings. The predicted molar refractivity (Wildman–Crippen MR) is 156 cm³/mol. The minimum absolute atomic E-state index is 0.0165. The topological polar surface area (TPSA) is 171 Å². The van der Waals surface area contributed by atoms with Gasteiger partial charge in [-0.15, -0.1) is 0 Å². The lowest BCUT2D eigenvalue weighted by Crippen LogP contribution is -2.56. The maximum Gasteiger partial charge on any atom is 0.408 e. The van der Waals surface area contributed by atoms with Crippen molar-refractivity contribution < 1.29 is 38.9 Å². The maximum absolute atomic E-state index is 13.3. The Balaban J connectivity index is 1.82. The third-order valence-corrected chi connectivity index (χ3v) is 6.09. The largest absolute Gasteiger partial charge is 0.493 e. The van der Waals surface area contributed by atoms with Crippen LogP contribution in [0.5, 0.6) is 11.5 Å². The van der Waals surface area contributed by atoms with E-state index in [9.17, 15) is 19.5 Å². The summed E-state index contributed by atoms with van der Waals surface area (Å²) in [5.74, 6) is -0.522. The summed E-state index contributed by atoms with van der Waals surface area (Å²) in [6.07, 6.45) is 2.84. The molecule has 226 valence electrons. The Bertz CT molecular complexity index is 1410. The number of hydrogen-bond acceptors (Lipinski definition) is 8. The highest BCUT2D eigenvalue weighted by Crippen LogP contribution is 2.29. The van der Waals surface area contributed by atoms with Crippen LogP contribution in [0.25, 0.3) is 17.0 Å². The van der Waals surface area contributed by atoms with Crippen LogP contribution in [-0.2, 0) is 20.7 Å². The van der Waals surface area contributed by atoms with E-state index in [4.69, 9.17) is 19.4 Å². The molecule has 3 rings (SSSR count). The van der Waals surface area contributed by atoms with E-state index >= 15 is 0 Å². The van der Waals surface area contributed by atoms with Gasteiger partial charge in [0.1, 0.15) is 18.2 Å². The van der Waals surface area contributed by atoms with Crippen molar-refractivity contribution in [2.45, 2.75) is 57.9 Å². The Labute approximate surface area is 244 Å². The molecule has 0 unspecified atom stereocenters. The molecule has 0 aliphatic heterocycles. The number of methoxy groups -OCH3 is 1. The first-order valence-electron chi connectivity index (χ1n) is 13.4. The summed E-state index contributed by atoms with van der Waals surface area (Å²) < 4.78 is 16.8. The average molecular weight is 583 g/mol. The highest BCUT2D eigenvalue weighted by molar-refractivity contribution is 5.91. The van der Waals surface area contributed by atoms with Crippen molar-refractivity contribution in [2.75, 3.05) is 13.7 Å². The number of rotatable bonds is 12. The van der Waals surface area contributed by atoms with Crippen LogP contribution in [0.15, 0.2) is 54.7 Å². The van der Waals surface area contributed by atoms with Crippen LogP contribution in [0.2, 0.25) is 0 Å². The lowest BCUT2D eigenvalue weighted by Gasteiger charge is -2.27. The van der Waals surface area contributed by atoms with Crippen molar-refractivity contribution in [1.82, 2.24) is 21.1 Å². The number of hydrogen-bond donors (Lipinski definition) is 6. The smallest absolute Gasteiger partial charge is 0.408 e. The van der Waals surface area contributed by atoms with Crippen LogP contribution >= 0.6 is 0 Å². The number of carbonyl (C=O) groups excluding carboxylic acids is 3. The number of hydroxylamine groups is 1. The average Bonchev–Trinajstić information content (AvgIpc) is 3.34. The quantitative estimate of drug-likeness (QED) is 0.107. The summed E-state index contributed by atoms with van der Waals surface area (Å²) >= 11 is 0. The number of fused-ring (bicyclic) bond motifs is 1. The second-order valence-electron chi connectivity index (χ2n) is 10.7. The fraction of sp³-hybridized carbons (Fsp3) is 0.367. The van der Waals surface area contributed by atoms with Gasteiger partial charge < -0.3 is 34.9 Å². The van der Waals surface area contributed by atoms with Gasteiger partial charge >= 0.3 is 6.09 Å². The molecule has 6 N–H and O–H groups in total. The van der Waals surface area contributed by atoms with Gasteiger partial charge in [-0.25, -0.2) is 10.3 Å². The molecule has 3 aromatic rings. The molecule has 2 aromatic carbocycles. The number of aromatic nitrogens is 1. The van der Waals surface area contributed by atoms with Gasteiger partial charge in [0.2, 0.25) is 5.91 Å². The molecule has 12 nitrogen and oxygen atoms in total. The summed E-state index contributed by atoms with van der Waals surface area (Å²) in [7, 11) is 1.47. The minimum Gasteiger partial charge on any atom is -0.493 e. The minimum atomic E-state index is -1.28. The van der Waals surface area contributed by atoms with Gasteiger partial charge in [-0.3, -0.25) is 14.8 Å². The van der Waals surface area contributed by atoms with Gasteiger partial charge in [-0.2, -0.15) is 0 Å². The Morgan fingerprint density at radius 2 is 1.81 bits per heavy atom. The molecule has 0 aliphatic carbocycles. The number of nitrogens with one attached hydrogen (secondary N) is 4. The van der Waals surface area contributed by atoms with Crippen molar-refractivity contribution in [2.24, 2.45) is 0 Å². The number of aliphatic hydroxyl groups is 1. The van der Waals surface area contributed by atoms with Crippen LogP contribution in [-0.4, -0.2) is 70.7 Å². The molecule has 3 amide bonds. The molecule has 3 atom stereocenters. The normalized spacial score (nSPS) is 13.7. The zero-order chi connectivity index (χ0) is 30.9. The van der Waals surface area contributed by atoms with Crippen LogP contribution in [0.4, 0.5) is 4.79 Å². The number of aromatic amines is 1. The van der Waals surface area contributed by atoms with E-state index in [-0.39, 0.29) is 6.61 Å². The molecular formula is C30H38N4O8. The van der Waals surface area contributed by atoms with Crippen molar-refractivity contribution in [1.29, 1.82) is 0 Å². The lowest BCUT2D eigenvalue weighted by molar-refractivity contribution is -0.126. The molecule has 42 heavy (non-hydrogen) atoms. The number of alkyl carbamates (subject to hydrolysis) is 1. The highest BCUT2D eigenvalue weighted by atomic mass is 16.6. The number of benzene rings is 2. The fourth-order valence-electron chi connectivity index (χ4n) is 4.15. The third kappa shape index (κ3) is 9.25. The van der Waals surface area contributed by atoms with Gasteiger partial charge in [-0.05, 0) is 69.5 Å². The molecule has 0 aliphatic rings. The molecule has 0 bridgehead atoms. The molecule has 1 heterocycles. The summed E-state index contributed by atoms with van der Waals surface area (Å²) in [5, 5.41) is 25.3. The maximum atomic E-state index is 13.3. The monoisotopic (exact) mass is 582 g/mol. The van der Waals surface area contributed by atoms with Gasteiger partial charge in [0, 0.05) is 23.2 Å². The molecular weight excluding hydrogens is 544 g/mol. The number of aliphatic hydroxyl groups excluding tert-OH is 1. The zero-order valence-electron chi connectivity index (χ0n) is 24.3. The number of ether oxygens (including phenoxy) is 3. The van der Waals surface area contributed by atoms with Gasteiger partial charge in [-0.1, -0.05) is 24.3 Å². The Kier molecular flexibility index (Phi) is 10.9. The van der Waals surface area contributed by atoms with Crippen molar-refractivity contribution in [3.63, 3.8) is 0 Å². The zero-order valence-corrected chi connectivity index (χ0v) is 24.3. The van der Waals surface area contributed by atoms with Crippen LogP contribution in [0.3, 0.4) is 0 Å². The molecule has 0 spiro atoms. The Morgan fingerprint density at radius 3 is 2.48 bits per heavy atom. The summed E-state index contributed by atoms with van der Waals surface area (Å²) in [5.41, 5.74) is 3.23. The van der Waals surface area contributed by atoms with Crippen LogP contribution in [0, 0.1) is 0 Å².